The van der Waals surface area contributed by atoms with Crippen molar-refractivity contribution in [3.63, 3.8) is 0 Å². The molecule has 4 rings (SSSR count). The molecule has 35 heavy (non-hydrogen) atoms. The Bertz CT molecular complexity index is 1230. The number of ether oxygens (including phenoxy) is 1. The van der Waals surface area contributed by atoms with Gasteiger partial charge in [-0.3, -0.25) is 9.59 Å². The van der Waals surface area contributed by atoms with Crippen molar-refractivity contribution in [2.24, 2.45) is 11.8 Å². The second kappa shape index (κ2) is 9.17. The third-order valence-electron chi connectivity index (χ3n) is 5.55. The summed E-state index contributed by atoms with van der Waals surface area (Å²) in [6, 6.07) is 4.29. The van der Waals surface area contributed by atoms with Gasteiger partial charge in [0.25, 0.3) is 5.91 Å². The molecule has 2 amide bonds. The summed E-state index contributed by atoms with van der Waals surface area (Å²) < 4.78 is 41.4. The molecule has 9 nitrogen and oxygen atoms in total. The monoisotopic (exact) mass is 529 g/mol. The van der Waals surface area contributed by atoms with Crippen molar-refractivity contribution in [1.29, 1.82) is 0 Å². The summed E-state index contributed by atoms with van der Waals surface area (Å²) in [6.07, 6.45) is -5.80. The molecule has 0 radical (unpaired) electrons. The lowest BCUT2D eigenvalue weighted by molar-refractivity contribution is -0.274. The number of aromatic nitrogens is 1. The van der Waals surface area contributed by atoms with Gasteiger partial charge in [-0.05, 0) is 19.1 Å². The Morgan fingerprint density at radius 2 is 2.06 bits per heavy atom. The number of thioether (sulfide) groups is 1. The Kier molecular flexibility index (Phi) is 6.55. The van der Waals surface area contributed by atoms with E-state index < -0.39 is 48.0 Å². The third-order valence-corrected chi connectivity index (χ3v) is 7.77. The summed E-state index contributed by atoms with van der Waals surface area (Å²) in [6.45, 7) is 3.24. The number of benzene rings is 1. The number of nitrogens with one attached hydrogen (secondary N) is 1. The van der Waals surface area contributed by atoms with Gasteiger partial charge in [0.1, 0.15) is 17.1 Å². The zero-order valence-corrected chi connectivity index (χ0v) is 19.7. The minimum atomic E-state index is -4.87. The number of aliphatic hydroxyl groups excluding tert-OH is 1. The third kappa shape index (κ3) is 4.86. The molecule has 0 bridgehead atoms. The van der Waals surface area contributed by atoms with E-state index in [-0.39, 0.29) is 23.0 Å². The predicted molar refractivity (Wildman–Crippen MR) is 119 cm³/mol. The maximum absolute atomic E-state index is 12.5. The van der Waals surface area contributed by atoms with Crippen LogP contribution >= 0.6 is 23.1 Å². The first-order valence-electron chi connectivity index (χ1n) is 10.2. The van der Waals surface area contributed by atoms with Crippen molar-refractivity contribution >= 4 is 46.6 Å². The number of fused-ring (bicyclic) bond motifs is 1. The van der Waals surface area contributed by atoms with Crippen LogP contribution in [0, 0.1) is 11.8 Å². The smallest absolute Gasteiger partial charge is 0.477 e. The van der Waals surface area contributed by atoms with Crippen molar-refractivity contribution in [2.75, 3.05) is 5.32 Å². The van der Waals surface area contributed by atoms with Crippen molar-refractivity contribution < 1.29 is 42.5 Å². The minimum Gasteiger partial charge on any atom is -0.477 e. The van der Waals surface area contributed by atoms with Crippen molar-refractivity contribution in [2.45, 2.75) is 36.7 Å². The summed E-state index contributed by atoms with van der Waals surface area (Å²) in [5.74, 6) is -4.00. The fourth-order valence-corrected chi connectivity index (χ4v) is 6.19. The number of aliphatic hydroxyl groups is 1. The Hall–Kier alpha value is -3.10. The van der Waals surface area contributed by atoms with E-state index in [0.29, 0.717) is 9.24 Å². The lowest BCUT2D eigenvalue weighted by atomic mass is 9.79. The molecule has 2 aliphatic rings. The molecule has 14 heteroatoms. The predicted octanol–water partition coefficient (Wildman–Crippen LogP) is 3.54. The van der Waals surface area contributed by atoms with E-state index in [2.05, 4.69) is 15.0 Å². The van der Waals surface area contributed by atoms with Gasteiger partial charge in [-0.1, -0.05) is 24.8 Å². The molecule has 3 heterocycles. The van der Waals surface area contributed by atoms with Crippen LogP contribution in [0.3, 0.4) is 0 Å². The Labute approximate surface area is 204 Å². The zero-order chi connectivity index (χ0) is 25.7. The first-order chi connectivity index (χ1) is 16.4. The number of hydrogen-bond donors (Lipinski definition) is 3. The minimum absolute atomic E-state index is 0.0241. The topological polar surface area (TPSA) is 129 Å². The second-order valence-electron chi connectivity index (χ2n) is 7.90. The number of thiazole rings is 1. The number of carbonyl (C=O) groups is 3. The summed E-state index contributed by atoms with van der Waals surface area (Å²) >= 11 is 2.09. The van der Waals surface area contributed by atoms with Crippen LogP contribution < -0.4 is 10.1 Å². The number of hydrogen-bond acceptors (Lipinski definition) is 8. The number of anilines is 1. The molecule has 2 aliphatic heterocycles. The zero-order valence-electron chi connectivity index (χ0n) is 18.1. The van der Waals surface area contributed by atoms with Crippen LogP contribution in [0.4, 0.5) is 18.9 Å². The average molecular weight is 530 g/mol. The van der Waals surface area contributed by atoms with E-state index in [1.165, 1.54) is 29.3 Å². The number of amides is 2. The van der Waals surface area contributed by atoms with Gasteiger partial charge in [0.15, 0.2) is 4.34 Å². The first kappa shape index (κ1) is 25.0. The van der Waals surface area contributed by atoms with Crippen LogP contribution in [0.15, 0.2) is 44.6 Å². The molecule has 2 aromatic rings. The summed E-state index contributed by atoms with van der Waals surface area (Å²) in [4.78, 5) is 42.7. The molecular weight excluding hydrogens is 511 g/mol. The molecule has 186 valence electrons. The quantitative estimate of drug-likeness (QED) is 0.465. The van der Waals surface area contributed by atoms with E-state index >= 15 is 0 Å². The highest BCUT2D eigenvalue weighted by Crippen LogP contribution is 2.52. The number of nitrogens with zero attached hydrogens (tertiary/aromatic N) is 2. The molecule has 4 atom stereocenters. The standard InChI is InChI=1S/C21H18F3N3O6S2/c1-8-14-13(9(2)28)18(30)27(14)15(19(31)32)16(8)35-20-26-12(7-34-20)17(29)25-10-4-3-5-11(6-10)33-21(22,23)24/h3-9,13-14,28H,1-2H3,(H,25,29)(H,31,32)/t8-,9-,13-,14-/m1/s1. The average Bonchev–Trinajstić information content (AvgIpc) is 3.29. The van der Waals surface area contributed by atoms with Crippen LogP contribution in [0.2, 0.25) is 0 Å². The van der Waals surface area contributed by atoms with Gasteiger partial charge in [0.05, 0.1) is 18.1 Å². The lowest BCUT2D eigenvalue weighted by Gasteiger charge is -2.46. The maximum Gasteiger partial charge on any atom is 0.573 e. The SMILES string of the molecule is C[C@@H](O)[C@H]1C(=O)N2C(C(=O)O)=C(Sc3nc(C(=O)Nc4cccc(OC(F)(F)F)c4)cs3)[C@H](C)[C@H]12. The van der Waals surface area contributed by atoms with E-state index in [1.54, 1.807) is 6.92 Å². The van der Waals surface area contributed by atoms with Crippen LogP contribution in [-0.4, -0.2) is 56.4 Å². The fraction of sp³-hybridized carbons (Fsp3) is 0.333. The van der Waals surface area contributed by atoms with E-state index in [9.17, 15) is 37.8 Å². The molecule has 0 saturated carbocycles. The summed E-state index contributed by atoms with van der Waals surface area (Å²) in [5, 5.41) is 23.5. The van der Waals surface area contributed by atoms with Gasteiger partial charge in [-0.2, -0.15) is 0 Å². The largest absolute Gasteiger partial charge is 0.573 e. The Morgan fingerprint density at radius 1 is 1.34 bits per heavy atom. The van der Waals surface area contributed by atoms with Crippen LogP contribution in [0.1, 0.15) is 24.3 Å². The highest BCUT2D eigenvalue weighted by molar-refractivity contribution is 8.04. The number of aliphatic carboxylic acids is 1. The molecule has 0 aliphatic carbocycles. The van der Waals surface area contributed by atoms with Gasteiger partial charge >= 0.3 is 12.3 Å². The molecule has 1 aromatic heterocycles. The molecule has 1 fully saturated rings. The number of halogens is 3. The maximum atomic E-state index is 12.5. The lowest BCUT2D eigenvalue weighted by Crippen LogP contribution is -2.63. The van der Waals surface area contributed by atoms with Gasteiger partial charge in [-0.25, -0.2) is 9.78 Å². The summed E-state index contributed by atoms with van der Waals surface area (Å²) in [5.41, 5.74) is -0.132. The number of carboxylic acid groups (broad SMARTS) is 1. The first-order valence-corrected chi connectivity index (χ1v) is 11.9. The van der Waals surface area contributed by atoms with E-state index in [1.807, 2.05) is 0 Å². The molecule has 3 N–H and O–H groups in total. The van der Waals surface area contributed by atoms with Crippen LogP contribution in [0.25, 0.3) is 0 Å². The molecule has 0 spiro atoms. The van der Waals surface area contributed by atoms with Crippen molar-refractivity contribution in [3.05, 3.63) is 45.9 Å². The number of β-lactam (4-membered cyclic amide) rings is 1. The highest BCUT2D eigenvalue weighted by atomic mass is 32.2. The van der Waals surface area contributed by atoms with Crippen LogP contribution in [-0.2, 0) is 9.59 Å². The van der Waals surface area contributed by atoms with E-state index in [0.717, 1.165) is 35.2 Å². The fourth-order valence-electron chi connectivity index (χ4n) is 4.13. The van der Waals surface area contributed by atoms with E-state index in [4.69, 9.17) is 0 Å². The van der Waals surface area contributed by atoms with Crippen LogP contribution in [0.5, 0.6) is 5.75 Å². The number of carbonyl (C=O) groups excluding carboxylic acids is 2. The Balaban J connectivity index is 1.50. The molecule has 1 aromatic carbocycles. The van der Waals surface area contributed by atoms with Gasteiger partial charge in [0.2, 0.25) is 5.91 Å². The molecule has 1 saturated heterocycles. The van der Waals surface area contributed by atoms with Gasteiger partial charge in [0, 0.05) is 28.0 Å². The number of alkyl halides is 3. The molecular formula is C21H18F3N3O6S2. The molecule has 0 unspecified atom stereocenters. The van der Waals surface area contributed by atoms with Crippen molar-refractivity contribution in [1.82, 2.24) is 9.88 Å². The highest BCUT2D eigenvalue weighted by Gasteiger charge is 2.60. The van der Waals surface area contributed by atoms with Gasteiger partial charge < -0.3 is 25.2 Å². The number of rotatable bonds is 7. The summed E-state index contributed by atoms with van der Waals surface area (Å²) in [7, 11) is 0. The number of carboxylic acids is 1. The van der Waals surface area contributed by atoms with Gasteiger partial charge in [-0.15, -0.1) is 24.5 Å². The second-order valence-corrected chi connectivity index (χ2v) is 10.0. The Morgan fingerprint density at radius 3 is 2.69 bits per heavy atom. The normalized spacial score (nSPS) is 22.5. The van der Waals surface area contributed by atoms with Crippen molar-refractivity contribution in [3.8, 4) is 5.75 Å².